The fourth-order valence-electron chi connectivity index (χ4n) is 2.31. The van der Waals surface area contributed by atoms with Crippen molar-refractivity contribution in [2.75, 3.05) is 0 Å². The van der Waals surface area contributed by atoms with Gasteiger partial charge in [0.25, 0.3) is 0 Å². The van der Waals surface area contributed by atoms with Crippen LogP contribution in [0.1, 0.15) is 39.1 Å². The zero-order valence-corrected chi connectivity index (χ0v) is 9.70. The lowest BCUT2D eigenvalue weighted by Gasteiger charge is -2.18. The van der Waals surface area contributed by atoms with Gasteiger partial charge in [-0.3, -0.25) is 5.84 Å². The number of nitrogens with two attached hydrogens (primary N) is 1. The molecule has 0 amide bonds. The van der Waals surface area contributed by atoms with E-state index in [1.165, 1.54) is 6.42 Å². The van der Waals surface area contributed by atoms with E-state index >= 15 is 0 Å². The summed E-state index contributed by atoms with van der Waals surface area (Å²) >= 11 is 0. The Hall–Kier alpha value is -0.870. The van der Waals surface area contributed by atoms with Crippen LogP contribution in [0, 0.1) is 11.3 Å². The van der Waals surface area contributed by atoms with Crippen LogP contribution >= 0.6 is 0 Å². The van der Waals surface area contributed by atoms with Crippen LogP contribution in [0.25, 0.3) is 0 Å². The first-order valence-corrected chi connectivity index (χ1v) is 5.57. The van der Waals surface area contributed by atoms with Gasteiger partial charge in [-0.1, -0.05) is 13.8 Å². The molecule has 1 aliphatic carbocycles. The Morgan fingerprint density at radius 2 is 2.40 bits per heavy atom. The van der Waals surface area contributed by atoms with Gasteiger partial charge in [0.2, 0.25) is 0 Å². The molecule has 2 atom stereocenters. The molecule has 4 heteroatoms. The van der Waals surface area contributed by atoms with E-state index < -0.39 is 0 Å². The molecule has 15 heavy (non-hydrogen) atoms. The van der Waals surface area contributed by atoms with Gasteiger partial charge >= 0.3 is 0 Å². The smallest absolute Gasteiger partial charge is 0.127 e. The van der Waals surface area contributed by atoms with Crippen molar-refractivity contribution in [1.82, 2.24) is 15.0 Å². The van der Waals surface area contributed by atoms with Crippen LogP contribution in [0.2, 0.25) is 0 Å². The van der Waals surface area contributed by atoms with Crippen molar-refractivity contribution >= 4 is 0 Å². The standard InChI is InChI=1S/C11H20N4/c1-4-15-6-5-13-10(15)9(14-12)8-7-11(8,2)3/h5-6,8-9,14H,4,7,12H2,1-3H3. The van der Waals surface area contributed by atoms with E-state index in [2.05, 4.69) is 35.7 Å². The number of nitrogens with one attached hydrogen (secondary N) is 1. The van der Waals surface area contributed by atoms with Crippen molar-refractivity contribution in [3.05, 3.63) is 18.2 Å². The van der Waals surface area contributed by atoms with Gasteiger partial charge in [0.05, 0.1) is 6.04 Å². The highest BCUT2D eigenvalue weighted by atomic mass is 15.3. The summed E-state index contributed by atoms with van der Waals surface area (Å²) in [6.45, 7) is 7.62. The highest BCUT2D eigenvalue weighted by molar-refractivity contribution is 5.10. The van der Waals surface area contributed by atoms with Gasteiger partial charge in [-0.15, -0.1) is 0 Å². The van der Waals surface area contributed by atoms with E-state index in [0.717, 1.165) is 12.4 Å². The van der Waals surface area contributed by atoms with Gasteiger partial charge in [-0.25, -0.2) is 10.4 Å². The third kappa shape index (κ3) is 1.79. The Balaban J connectivity index is 2.21. The van der Waals surface area contributed by atoms with Crippen molar-refractivity contribution in [2.24, 2.45) is 17.2 Å². The maximum atomic E-state index is 5.65. The van der Waals surface area contributed by atoms with E-state index in [4.69, 9.17) is 5.84 Å². The molecule has 2 rings (SSSR count). The maximum absolute atomic E-state index is 5.65. The van der Waals surface area contributed by atoms with Gasteiger partial charge in [0.15, 0.2) is 0 Å². The van der Waals surface area contributed by atoms with E-state index in [1.807, 2.05) is 12.4 Å². The summed E-state index contributed by atoms with van der Waals surface area (Å²) in [5.41, 5.74) is 3.32. The summed E-state index contributed by atoms with van der Waals surface area (Å²) in [5, 5.41) is 0. The molecule has 0 aliphatic heterocycles. The van der Waals surface area contributed by atoms with Gasteiger partial charge in [0, 0.05) is 18.9 Å². The van der Waals surface area contributed by atoms with Crippen molar-refractivity contribution in [2.45, 2.75) is 39.8 Å². The van der Waals surface area contributed by atoms with Crippen LogP contribution in [0.3, 0.4) is 0 Å². The minimum absolute atomic E-state index is 0.190. The molecule has 1 aromatic rings. The van der Waals surface area contributed by atoms with Crippen molar-refractivity contribution < 1.29 is 0 Å². The molecule has 84 valence electrons. The summed E-state index contributed by atoms with van der Waals surface area (Å²) in [5.74, 6) is 7.32. The first kappa shape index (κ1) is 10.6. The molecular weight excluding hydrogens is 188 g/mol. The number of hydrogen-bond acceptors (Lipinski definition) is 3. The Kier molecular flexibility index (Phi) is 2.56. The Bertz CT molecular complexity index is 342. The molecule has 1 saturated carbocycles. The first-order chi connectivity index (χ1) is 7.10. The molecule has 0 radical (unpaired) electrons. The molecule has 0 bridgehead atoms. The summed E-state index contributed by atoms with van der Waals surface area (Å²) < 4.78 is 2.15. The van der Waals surface area contributed by atoms with Crippen molar-refractivity contribution in [1.29, 1.82) is 0 Å². The third-order valence-corrected chi connectivity index (χ3v) is 3.54. The fraction of sp³-hybridized carbons (Fsp3) is 0.727. The summed E-state index contributed by atoms with van der Waals surface area (Å²) in [7, 11) is 0. The lowest BCUT2D eigenvalue weighted by atomic mass is 10.0. The number of imidazole rings is 1. The second-order valence-electron chi connectivity index (χ2n) is 5.01. The maximum Gasteiger partial charge on any atom is 0.127 e. The van der Waals surface area contributed by atoms with E-state index in [-0.39, 0.29) is 6.04 Å². The van der Waals surface area contributed by atoms with Crippen molar-refractivity contribution in [3.8, 4) is 0 Å². The second kappa shape index (κ2) is 3.61. The largest absolute Gasteiger partial charge is 0.334 e. The highest BCUT2D eigenvalue weighted by Gasteiger charge is 2.51. The van der Waals surface area contributed by atoms with E-state index in [1.54, 1.807) is 0 Å². The molecule has 4 nitrogen and oxygen atoms in total. The van der Waals surface area contributed by atoms with Gasteiger partial charge in [-0.2, -0.15) is 0 Å². The first-order valence-electron chi connectivity index (χ1n) is 5.57. The number of hydrazine groups is 1. The minimum Gasteiger partial charge on any atom is -0.334 e. The predicted molar refractivity (Wildman–Crippen MR) is 59.9 cm³/mol. The molecule has 3 N–H and O–H groups in total. The number of aryl methyl sites for hydroxylation is 1. The monoisotopic (exact) mass is 208 g/mol. The molecule has 1 aliphatic rings. The molecule has 1 heterocycles. The van der Waals surface area contributed by atoms with Gasteiger partial charge < -0.3 is 4.57 Å². The Morgan fingerprint density at radius 3 is 2.87 bits per heavy atom. The molecule has 0 spiro atoms. The second-order valence-corrected chi connectivity index (χ2v) is 5.01. The molecule has 1 fully saturated rings. The molecule has 0 saturated heterocycles. The van der Waals surface area contributed by atoms with Crippen LogP contribution in [-0.2, 0) is 6.54 Å². The SMILES string of the molecule is CCn1ccnc1C(NN)C1CC1(C)C. The van der Waals surface area contributed by atoms with Crippen LogP contribution in [0.4, 0.5) is 0 Å². The lowest BCUT2D eigenvalue weighted by molar-refractivity contribution is 0.395. The molecule has 2 unspecified atom stereocenters. The lowest BCUT2D eigenvalue weighted by Crippen LogP contribution is -2.32. The number of rotatable bonds is 4. The normalized spacial score (nSPS) is 25.2. The van der Waals surface area contributed by atoms with E-state index in [9.17, 15) is 0 Å². The zero-order chi connectivity index (χ0) is 11.1. The Morgan fingerprint density at radius 1 is 1.73 bits per heavy atom. The number of aromatic nitrogens is 2. The third-order valence-electron chi connectivity index (χ3n) is 3.54. The molecule has 1 aromatic heterocycles. The summed E-state index contributed by atoms with van der Waals surface area (Å²) in [4.78, 5) is 4.41. The quantitative estimate of drug-likeness (QED) is 0.581. The average Bonchev–Trinajstić information content (AvgIpc) is 2.66. The fourth-order valence-corrected chi connectivity index (χ4v) is 2.31. The molecule has 0 aromatic carbocycles. The Labute approximate surface area is 90.8 Å². The topological polar surface area (TPSA) is 55.9 Å². The molecular formula is C11H20N4. The summed E-state index contributed by atoms with van der Waals surface area (Å²) in [6, 6.07) is 0.190. The zero-order valence-electron chi connectivity index (χ0n) is 9.70. The minimum atomic E-state index is 0.190. The van der Waals surface area contributed by atoms with Crippen LogP contribution < -0.4 is 11.3 Å². The van der Waals surface area contributed by atoms with Crippen molar-refractivity contribution in [3.63, 3.8) is 0 Å². The van der Waals surface area contributed by atoms with Crippen LogP contribution in [-0.4, -0.2) is 9.55 Å². The predicted octanol–water partition coefficient (Wildman–Crippen LogP) is 1.45. The average molecular weight is 208 g/mol. The van der Waals surface area contributed by atoms with Gasteiger partial charge in [0.1, 0.15) is 5.82 Å². The van der Waals surface area contributed by atoms with Gasteiger partial charge in [-0.05, 0) is 24.7 Å². The number of hydrogen-bond donors (Lipinski definition) is 2. The summed E-state index contributed by atoms with van der Waals surface area (Å²) in [6.07, 6.45) is 5.08. The number of nitrogens with zero attached hydrogens (tertiary/aromatic N) is 2. The van der Waals surface area contributed by atoms with Crippen LogP contribution in [0.15, 0.2) is 12.4 Å². The van der Waals surface area contributed by atoms with E-state index in [0.29, 0.717) is 11.3 Å². The highest BCUT2D eigenvalue weighted by Crippen LogP contribution is 2.57. The van der Waals surface area contributed by atoms with Crippen LogP contribution in [0.5, 0.6) is 0 Å².